The van der Waals surface area contributed by atoms with Gasteiger partial charge in [0.1, 0.15) is 0 Å². The summed E-state index contributed by atoms with van der Waals surface area (Å²) in [6, 6.07) is 0.423. The molecule has 0 spiro atoms. The van der Waals surface area contributed by atoms with Crippen LogP contribution in [0.1, 0.15) is 32.6 Å². The molecule has 16 heavy (non-hydrogen) atoms. The molecule has 1 rings (SSSR count). The number of hydrogen-bond acceptors (Lipinski definition) is 3. The lowest BCUT2D eigenvalue weighted by molar-refractivity contribution is -0.123. The Labute approximate surface area is 102 Å². The fourth-order valence-corrected chi connectivity index (χ4v) is 2.51. The standard InChI is InChI=1S/C11H21N3OS/c1-2-9(7-10(12)16)14-5-3-8(4-6-14)11(13)15/h8-9H,2-7H2,1H3,(H2,12,16)(H2,13,15). The number of amides is 1. The van der Waals surface area contributed by atoms with Crippen LogP contribution >= 0.6 is 12.2 Å². The third kappa shape index (κ3) is 3.72. The molecule has 1 fully saturated rings. The number of hydrogen-bond donors (Lipinski definition) is 2. The van der Waals surface area contributed by atoms with Crippen LogP contribution in [0.3, 0.4) is 0 Å². The maximum atomic E-state index is 11.0. The summed E-state index contributed by atoms with van der Waals surface area (Å²) < 4.78 is 0. The predicted octanol–water partition coefficient (Wildman–Crippen LogP) is 0.638. The van der Waals surface area contributed by atoms with Crippen LogP contribution in [0.5, 0.6) is 0 Å². The molecule has 92 valence electrons. The Hall–Kier alpha value is -0.680. The van der Waals surface area contributed by atoms with Gasteiger partial charge in [-0.25, -0.2) is 0 Å². The second kappa shape index (κ2) is 6.15. The van der Waals surface area contributed by atoms with Crippen molar-refractivity contribution in [1.82, 2.24) is 4.90 Å². The zero-order valence-corrected chi connectivity index (χ0v) is 10.6. The van der Waals surface area contributed by atoms with E-state index in [0.717, 1.165) is 38.8 Å². The first-order chi connectivity index (χ1) is 7.54. The van der Waals surface area contributed by atoms with Gasteiger partial charge < -0.3 is 11.5 Å². The van der Waals surface area contributed by atoms with Gasteiger partial charge in [0.15, 0.2) is 0 Å². The Morgan fingerprint density at radius 2 is 2.00 bits per heavy atom. The van der Waals surface area contributed by atoms with Crippen LogP contribution < -0.4 is 11.5 Å². The summed E-state index contributed by atoms with van der Waals surface area (Å²) >= 11 is 4.95. The number of piperidine rings is 1. The molecular formula is C11H21N3OS. The number of nitrogens with two attached hydrogens (primary N) is 2. The molecule has 1 unspecified atom stereocenters. The number of rotatable bonds is 5. The molecule has 0 radical (unpaired) electrons. The van der Waals surface area contributed by atoms with E-state index in [0.29, 0.717) is 11.0 Å². The molecule has 0 aromatic heterocycles. The molecule has 1 amide bonds. The van der Waals surface area contributed by atoms with Gasteiger partial charge in [-0.15, -0.1) is 0 Å². The zero-order valence-electron chi connectivity index (χ0n) is 9.82. The Bertz CT molecular complexity index is 262. The number of likely N-dealkylation sites (tertiary alicyclic amines) is 1. The van der Waals surface area contributed by atoms with Crippen molar-refractivity contribution in [2.24, 2.45) is 17.4 Å². The van der Waals surface area contributed by atoms with Crippen molar-refractivity contribution in [3.8, 4) is 0 Å². The second-order valence-electron chi connectivity index (χ2n) is 4.45. The Balaban J connectivity index is 2.44. The van der Waals surface area contributed by atoms with Gasteiger partial charge in [-0.2, -0.15) is 0 Å². The predicted molar refractivity (Wildman–Crippen MR) is 69.0 cm³/mol. The number of thiocarbonyl (C=S) groups is 1. The lowest BCUT2D eigenvalue weighted by atomic mass is 9.94. The fraction of sp³-hybridized carbons (Fsp3) is 0.818. The van der Waals surface area contributed by atoms with Crippen LogP contribution in [0.2, 0.25) is 0 Å². The van der Waals surface area contributed by atoms with Crippen LogP contribution in [0.4, 0.5) is 0 Å². The van der Waals surface area contributed by atoms with Crippen molar-refractivity contribution in [2.75, 3.05) is 13.1 Å². The van der Waals surface area contributed by atoms with Crippen LogP contribution in [-0.4, -0.2) is 34.9 Å². The summed E-state index contributed by atoms with van der Waals surface area (Å²) in [5.74, 6) is -0.111. The van der Waals surface area contributed by atoms with Crippen LogP contribution in [0.25, 0.3) is 0 Å². The lowest BCUT2D eigenvalue weighted by Crippen LogP contribution is -2.44. The Morgan fingerprint density at radius 1 is 1.44 bits per heavy atom. The zero-order chi connectivity index (χ0) is 12.1. The lowest BCUT2D eigenvalue weighted by Gasteiger charge is -2.36. The normalized spacial score (nSPS) is 20.6. The van der Waals surface area contributed by atoms with Crippen molar-refractivity contribution in [2.45, 2.75) is 38.6 Å². The molecule has 0 bridgehead atoms. The van der Waals surface area contributed by atoms with Gasteiger partial charge >= 0.3 is 0 Å². The average molecular weight is 243 g/mol. The summed E-state index contributed by atoms with van der Waals surface area (Å²) in [6.07, 6.45) is 3.54. The minimum Gasteiger partial charge on any atom is -0.393 e. The average Bonchev–Trinajstić information content (AvgIpc) is 2.25. The van der Waals surface area contributed by atoms with E-state index >= 15 is 0 Å². The number of nitrogens with zero attached hydrogens (tertiary/aromatic N) is 1. The summed E-state index contributed by atoms with van der Waals surface area (Å²) in [7, 11) is 0. The van der Waals surface area contributed by atoms with Gasteiger partial charge in [0.25, 0.3) is 0 Å². The summed E-state index contributed by atoms with van der Waals surface area (Å²) in [5, 5.41) is 0. The van der Waals surface area contributed by atoms with Crippen molar-refractivity contribution in [3.63, 3.8) is 0 Å². The minimum absolute atomic E-state index is 0.0542. The maximum Gasteiger partial charge on any atom is 0.220 e. The van der Waals surface area contributed by atoms with E-state index in [9.17, 15) is 4.79 Å². The monoisotopic (exact) mass is 243 g/mol. The highest BCUT2D eigenvalue weighted by Crippen LogP contribution is 2.21. The molecule has 0 saturated carbocycles. The summed E-state index contributed by atoms with van der Waals surface area (Å²) in [5.41, 5.74) is 10.9. The largest absolute Gasteiger partial charge is 0.393 e. The third-order valence-electron chi connectivity index (χ3n) is 3.36. The van der Waals surface area contributed by atoms with Gasteiger partial charge in [-0.1, -0.05) is 19.1 Å². The van der Waals surface area contributed by atoms with Crippen LogP contribution in [0, 0.1) is 5.92 Å². The summed E-state index contributed by atoms with van der Waals surface area (Å²) in [6.45, 7) is 3.99. The summed E-state index contributed by atoms with van der Waals surface area (Å²) in [4.78, 5) is 14.0. The van der Waals surface area contributed by atoms with Crippen LogP contribution in [0.15, 0.2) is 0 Å². The first kappa shape index (κ1) is 13.4. The molecule has 1 heterocycles. The van der Waals surface area contributed by atoms with Gasteiger partial charge in [-0.3, -0.25) is 9.69 Å². The van der Waals surface area contributed by atoms with E-state index in [4.69, 9.17) is 23.7 Å². The Morgan fingerprint density at radius 3 is 2.38 bits per heavy atom. The molecule has 0 aliphatic carbocycles. The Kier molecular flexibility index (Phi) is 5.15. The highest BCUT2D eigenvalue weighted by molar-refractivity contribution is 7.80. The molecule has 0 aromatic rings. The maximum absolute atomic E-state index is 11.0. The first-order valence-corrected chi connectivity index (χ1v) is 6.27. The highest BCUT2D eigenvalue weighted by atomic mass is 32.1. The molecule has 1 aliphatic heterocycles. The van der Waals surface area contributed by atoms with E-state index in [1.807, 2.05) is 0 Å². The van der Waals surface area contributed by atoms with Crippen molar-refractivity contribution in [1.29, 1.82) is 0 Å². The molecule has 1 aliphatic rings. The number of primary amides is 1. The smallest absolute Gasteiger partial charge is 0.220 e. The topological polar surface area (TPSA) is 72.3 Å². The highest BCUT2D eigenvalue weighted by Gasteiger charge is 2.26. The van der Waals surface area contributed by atoms with E-state index in [2.05, 4.69) is 11.8 Å². The van der Waals surface area contributed by atoms with Crippen molar-refractivity contribution < 1.29 is 4.79 Å². The number of carbonyl (C=O) groups is 1. The van der Waals surface area contributed by atoms with Crippen LogP contribution in [-0.2, 0) is 4.79 Å². The first-order valence-electron chi connectivity index (χ1n) is 5.86. The van der Waals surface area contributed by atoms with E-state index in [1.54, 1.807) is 0 Å². The molecule has 1 atom stereocenters. The molecular weight excluding hydrogens is 222 g/mol. The minimum atomic E-state index is -0.165. The molecule has 5 heteroatoms. The fourth-order valence-electron chi connectivity index (χ4n) is 2.31. The quantitative estimate of drug-likeness (QED) is 0.695. The molecule has 1 saturated heterocycles. The second-order valence-corrected chi connectivity index (χ2v) is 4.97. The van der Waals surface area contributed by atoms with E-state index in [-0.39, 0.29) is 11.8 Å². The van der Waals surface area contributed by atoms with E-state index in [1.165, 1.54) is 0 Å². The van der Waals surface area contributed by atoms with Gasteiger partial charge in [-0.05, 0) is 32.4 Å². The SMILES string of the molecule is CCC(CC(N)=S)N1CCC(C(N)=O)CC1. The third-order valence-corrected chi connectivity index (χ3v) is 3.52. The van der Waals surface area contributed by atoms with Crippen molar-refractivity contribution >= 4 is 23.1 Å². The van der Waals surface area contributed by atoms with Crippen molar-refractivity contribution in [3.05, 3.63) is 0 Å². The van der Waals surface area contributed by atoms with E-state index < -0.39 is 0 Å². The molecule has 4 nitrogen and oxygen atoms in total. The van der Waals surface area contributed by atoms with Gasteiger partial charge in [0, 0.05) is 18.4 Å². The van der Waals surface area contributed by atoms with Gasteiger partial charge in [0.05, 0.1) is 4.99 Å². The number of carbonyl (C=O) groups excluding carboxylic acids is 1. The molecule has 4 N–H and O–H groups in total. The van der Waals surface area contributed by atoms with Gasteiger partial charge in [0.2, 0.25) is 5.91 Å². The molecule has 0 aromatic carbocycles.